The summed E-state index contributed by atoms with van der Waals surface area (Å²) in [5, 5.41) is 12.8. The maximum Gasteiger partial charge on any atom is 0.305 e. The molecule has 0 bridgehead atoms. The van der Waals surface area contributed by atoms with E-state index in [0.717, 1.165) is 29.7 Å². The molecule has 1 aromatic heterocycles. The molecular formula is C15H16N2O3. The molecule has 1 N–H and O–H groups in total. The SMILES string of the molecule is O=C(O)CCn1cc(-c2ccc(OC3CC3)cc2)cn1. The van der Waals surface area contributed by atoms with Crippen LogP contribution in [-0.2, 0) is 11.3 Å². The van der Waals surface area contributed by atoms with E-state index in [9.17, 15) is 4.79 Å². The fourth-order valence-corrected chi connectivity index (χ4v) is 1.95. The van der Waals surface area contributed by atoms with E-state index in [1.165, 1.54) is 0 Å². The van der Waals surface area contributed by atoms with Crippen LogP contribution in [0.3, 0.4) is 0 Å². The highest BCUT2D eigenvalue weighted by atomic mass is 16.5. The summed E-state index contributed by atoms with van der Waals surface area (Å²) < 4.78 is 7.35. The Kier molecular flexibility index (Phi) is 3.41. The lowest BCUT2D eigenvalue weighted by Gasteiger charge is -2.04. The van der Waals surface area contributed by atoms with Crippen molar-refractivity contribution in [3.63, 3.8) is 0 Å². The molecule has 2 aromatic rings. The molecule has 20 heavy (non-hydrogen) atoms. The number of benzene rings is 1. The first-order chi connectivity index (χ1) is 9.70. The Labute approximate surface area is 116 Å². The van der Waals surface area contributed by atoms with Gasteiger partial charge in [0.2, 0.25) is 0 Å². The number of hydrogen-bond donors (Lipinski definition) is 1. The molecule has 0 spiro atoms. The first kappa shape index (κ1) is 12.7. The molecule has 0 radical (unpaired) electrons. The number of carboxylic acids is 1. The molecule has 1 heterocycles. The summed E-state index contributed by atoms with van der Waals surface area (Å²) in [5.74, 6) is 0.0816. The predicted molar refractivity (Wildman–Crippen MR) is 73.6 cm³/mol. The molecule has 0 atom stereocenters. The van der Waals surface area contributed by atoms with Crippen LogP contribution in [0.1, 0.15) is 19.3 Å². The normalized spacial score (nSPS) is 14.2. The van der Waals surface area contributed by atoms with E-state index in [1.807, 2.05) is 30.5 Å². The van der Waals surface area contributed by atoms with Crippen LogP contribution >= 0.6 is 0 Å². The molecule has 0 amide bonds. The second-order valence-electron chi connectivity index (χ2n) is 4.98. The number of aliphatic carboxylic acids is 1. The van der Waals surface area contributed by atoms with Gasteiger partial charge in [-0.3, -0.25) is 9.48 Å². The fourth-order valence-electron chi connectivity index (χ4n) is 1.95. The Bertz CT molecular complexity index is 600. The van der Waals surface area contributed by atoms with Crippen LogP contribution in [0.5, 0.6) is 5.75 Å². The van der Waals surface area contributed by atoms with Crippen molar-refractivity contribution >= 4 is 5.97 Å². The van der Waals surface area contributed by atoms with Crippen LogP contribution in [0.25, 0.3) is 11.1 Å². The molecule has 1 fully saturated rings. The van der Waals surface area contributed by atoms with E-state index in [2.05, 4.69) is 5.10 Å². The average molecular weight is 272 g/mol. The van der Waals surface area contributed by atoms with Gasteiger partial charge in [0.25, 0.3) is 0 Å². The molecule has 0 saturated heterocycles. The summed E-state index contributed by atoms with van der Waals surface area (Å²) in [6, 6.07) is 7.91. The first-order valence-corrected chi connectivity index (χ1v) is 6.72. The molecule has 1 aliphatic rings. The summed E-state index contributed by atoms with van der Waals surface area (Å²) in [7, 11) is 0. The zero-order valence-electron chi connectivity index (χ0n) is 11.0. The number of aryl methyl sites for hydroxylation is 1. The van der Waals surface area contributed by atoms with Gasteiger partial charge >= 0.3 is 5.97 Å². The Morgan fingerprint density at radius 1 is 1.30 bits per heavy atom. The van der Waals surface area contributed by atoms with Gasteiger partial charge < -0.3 is 9.84 Å². The van der Waals surface area contributed by atoms with Crippen molar-refractivity contribution in [2.75, 3.05) is 0 Å². The van der Waals surface area contributed by atoms with Gasteiger partial charge in [-0.25, -0.2) is 0 Å². The van der Waals surface area contributed by atoms with Gasteiger partial charge in [-0.1, -0.05) is 12.1 Å². The predicted octanol–water partition coefficient (Wildman–Crippen LogP) is 2.57. The fraction of sp³-hybridized carbons (Fsp3) is 0.333. The Balaban J connectivity index is 1.66. The second kappa shape index (κ2) is 5.36. The molecule has 1 saturated carbocycles. The number of aromatic nitrogens is 2. The van der Waals surface area contributed by atoms with Crippen molar-refractivity contribution in [1.29, 1.82) is 0 Å². The number of hydrogen-bond acceptors (Lipinski definition) is 3. The Morgan fingerprint density at radius 2 is 2.05 bits per heavy atom. The number of carboxylic acid groups (broad SMARTS) is 1. The molecule has 3 rings (SSSR count). The topological polar surface area (TPSA) is 64.3 Å². The third-order valence-electron chi connectivity index (χ3n) is 3.20. The Hall–Kier alpha value is -2.30. The second-order valence-corrected chi connectivity index (χ2v) is 4.98. The first-order valence-electron chi connectivity index (χ1n) is 6.72. The van der Waals surface area contributed by atoms with Gasteiger partial charge in [0, 0.05) is 11.8 Å². The quantitative estimate of drug-likeness (QED) is 0.877. The summed E-state index contributed by atoms with van der Waals surface area (Å²) in [6.07, 6.45) is 6.39. The van der Waals surface area contributed by atoms with Crippen LogP contribution < -0.4 is 4.74 Å². The van der Waals surface area contributed by atoms with Crippen LogP contribution in [0.15, 0.2) is 36.7 Å². The van der Waals surface area contributed by atoms with Gasteiger partial charge in [0.1, 0.15) is 5.75 Å². The van der Waals surface area contributed by atoms with Crippen molar-refractivity contribution in [2.45, 2.75) is 31.9 Å². The van der Waals surface area contributed by atoms with Gasteiger partial charge in [0.15, 0.2) is 0 Å². The molecule has 0 aliphatic heterocycles. The van der Waals surface area contributed by atoms with Crippen LogP contribution in [-0.4, -0.2) is 27.0 Å². The largest absolute Gasteiger partial charge is 0.490 e. The maximum atomic E-state index is 10.5. The average Bonchev–Trinajstić information content (AvgIpc) is 3.12. The van der Waals surface area contributed by atoms with Gasteiger partial charge in [-0.05, 0) is 30.5 Å². The molecule has 5 nitrogen and oxygen atoms in total. The third kappa shape index (κ3) is 3.17. The van der Waals surface area contributed by atoms with E-state index in [-0.39, 0.29) is 6.42 Å². The molecule has 5 heteroatoms. The van der Waals surface area contributed by atoms with Gasteiger partial charge in [-0.2, -0.15) is 5.10 Å². The molecule has 1 aromatic carbocycles. The smallest absolute Gasteiger partial charge is 0.305 e. The minimum Gasteiger partial charge on any atom is -0.490 e. The van der Waals surface area contributed by atoms with E-state index in [0.29, 0.717) is 12.6 Å². The van der Waals surface area contributed by atoms with E-state index < -0.39 is 5.97 Å². The van der Waals surface area contributed by atoms with E-state index in [1.54, 1.807) is 10.9 Å². The van der Waals surface area contributed by atoms with Gasteiger partial charge in [-0.15, -0.1) is 0 Å². The maximum absolute atomic E-state index is 10.5. The lowest BCUT2D eigenvalue weighted by Crippen LogP contribution is -2.04. The van der Waals surface area contributed by atoms with Crippen molar-refractivity contribution < 1.29 is 14.6 Å². The highest BCUT2D eigenvalue weighted by Gasteiger charge is 2.23. The minimum absolute atomic E-state index is 0.0787. The zero-order chi connectivity index (χ0) is 13.9. The Morgan fingerprint density at radius 3 is 2.70 bits per heavy atom. The van der Waals surface area contributed by atoms with Crippen molar-refractivity contribution in [3.05, 3.63) is 36.7 Å². The van der Waals surface area contributed by atoms with Crippen molar-refractivity contribution in [2.24, 2.45) is 0 Å². The van der Waals surface area contributed by atoms with E-state index >= 15 is 0 Å². The standard InChI is InChI=1S/C15H16N2O3/c18-15(19)7-8-17-10-12(9-16-17)11-1-3-13(4-2-11)20-14-5-6-14/h1-4,9-10,14H,5-8H2,(H,18,19). The number of carbonyl (C=O) groups is 1. The number of nitrogens with zero attached hydrogens (tertiary/aromatic N) is 2. The monoisotopic (exact) mass is 272 g/mol. The molecule has 1 aliphatic carbocycles. The van der Waals surface area contributed by atoms with Gasteiger partial charge in [0.05, 0.1) is 25.3 Å². The number of rotatable bonds is 6. The van der Waals surface area contributed by atoms with Crippen molar-refractivity contribution in [1.82, 2.24) is 9.78 Å². The number of ether oxygens (including phenoxy) is 1. The molecule has 0 unspecified atom stereocenters. The lowest BCUT2D eigenvalue weighted by atomic mass is 10.1. The summed E-state index contributed by atoms with van der Waals surface area (Å²) in [6.45, 7) is 0.387. The zero-order valence-corrected chi connectivity index (χ0v) is 11.0. The van der Waals surface area contributed by atoms with Crippen molar-refractivity contribution in [3.8, 4) is 16.9 Å². The van der Waals surface area contributed by atoms with Crippen LogP contribution in [0.4, 0.5) is 0 Å². The minimum atomic E-state index is -0.816. The lowest BCUT2D eigenvalue weighted by molar-refractivity contribution is -0.137. The molecule has 104 valence electrons. The van der Waals surface area contributed by atoms with Crippen LogP contribution in [0, 0.1) is 0 Å². The third-order valence-corrected chi connectivity index (χ3v) is 3.20. The summed E-state index contributed by atoms with van der Waals surface area (Å²) in [5.41, 5.74) is 2.03. The van der Waals surface area contributed by atoms with Crippen LogP contribution in [0.2, 0.25) is 0 Å². The molecular weight excluding hydrogens is 256 g/mol. The highest BCUT2D eigenvalue weighted by molar-refractivity contribution is 5.66. The summed E-state index contributed by atoms with van der Waals surface area (Å²) in [4.78, 5) is 10.5. The summed E-state index contributed by atoms with van der Waals surface area (Å²) >= 11 is 0. The highest BCUT2D eigenvalue weighted by Crippen LogP contribution is 2.28. The van der Waals surface area contributed by atoms with E-state index in [4.69, 9.17) is 9.84 Å².